The van der Waals surface area contributed by atoms with Gasteiger partial charge in [0.1, 0.15) is 0 Å². The number of amides is 1. The monoisotopic (exact) mass is 227 g/mol. The lowest BCUT2D eigenvalue weighted by Gasteiger charge is -2.10. The van der Waals surface area contributed by atoms with Gasteiger partial charge in [-0.2, -0.15) is 0 Å². The number of nitrogens with one attached hydrogen (secondary N) is 1. The summed E-state index contributed by atoms with van der Waals surface area (Å²) < 4.78 is 0. The van der Waals surface area contributed by atoms with Crippen LogP contribution in [0.25, 0.3) is 0 Å². The molecule has 0 heterocycles. The molecule has 5 heteroatoms. The Bertz CT molecular complexity index is 429. The molecule has 80 valence electrons. The third kappa shape index (κ3) is 2.47. The minimum atomic E-state index is -1.05. The second-order valence-corrected chi connectivity index (χ2v) is 3.49. The maximum absolute atomic E-state index is 10.9. The van der Waals surface area contributed by atoms with Crippen molar-refractivity contribution in [1.29, 1.82) is 0 Å². The highest BCUT2D eigenvalue weighted by atomic mass is 35.5. The van der Waals surface area contributed by atoms with Gasteiger partial charge in [-0.05, 0) is 24.6 Å². The summed E-state index contributed by atoms with van der Waals surface area (Å²) in [5, 5.41) is 11.7. The van der Waals surface area contributed by atoms with Gasteiger partial charge >= 0.3 is 5.97 Å². The largest absolute Gasteiger partial charge is 0.478 e. The molecule has 0 bridgehead atoms. The Balaban J connectivity index is 3.29. The highest BCUT2D eigenvalue weighted by Crippen LogP contribution is 2.28. The first-order valence-corrected chi connectivity index (χ1v) is 4.61. The van der Waals surface area contributed by atoms with E-state index in [2.05, 4.69) is 5.32 Å². The van der Waals surface area contributed by atoms with E-state index in [1.165, 1.54) is 19.1 Å². The first kappa shape index (κ1) is 11.5. The van der Waals surface area contributed by atoms with Gasteiger partial charge in [-0.25, -0.2) is 4.79 Å². The molecular formula is C10H10ClNO3. The lowest BCUT2D eigenvalue weighted by molar-refractivity contribution is -0.114. The molecule has 2 N–H and O–H groups in total. The molecule has 1 aromatic rings. The summed E-state index contributed by atoms with van der Waals surface area (Å²) in [6.07, 6.45) is 0. The standard InChI is InChI=1S/C10H10ClNO3/c1-5-7(10(14)15)3-4-8(11)9(5)12-6(2)13/h3-4H,1-2H3,(H,12,13)(H,14,15). The van der Waals surface area contributed by atoms with E-state index in [4.69, 9.17) is 16.7 Å². The van der Waals surface area contributed by atoms with E-state index >= 15 is 0 Å². The Morgan fingerprint density at radius 2 is 2.00 bits per heavy atom. The van der Waals surface area contributed by atoms with Gasteiger partial charge in [-0.1, -0.05) is 11.6 Å². The minimum Gasteiger partial charge on any atom is -0.478 e. The van der Waals surface area contributed by atoms with E-state index in [9.17, 15) is 9.59 Å². The van der Waals surface area contributed by atoms with Crippen LogP contribution in [0.1, 0.15) is 22.8 Å². The van der Waals surface area contributed by atoms with Crippen LogP contribution in [0.2, 0.25) is 5.02 Å². The molecule has 0 fully saturated rings. The van der Waals surface area contributed by atoms with Crippen molar-refractivity contribution in [3.8, 4) is 0 Å². The normalized spacial score (nSPS) is 9.80. The van der Waals surface area contributed by atoms with E-state index in [1.807, 2.05) is 0 Å². The number of carbonyl (C=O) groups is 2. The summed E-state index contributed by atoms with van der Waals surface area (Å²) in [6, 6.07) is 2.86. The van der Waals surface area contributed by atoms with Crippen LogP contribution in [0, 0.1) is 6.92 Å². The molecule has 0 spiro atoms. The molecule has 0 aromatic heterocycles. The van der Waals surface area contributed by atoms with Gasteiger partial charge in [-0.15, -0.1) is 0 Å². The molecule has 0 saturated carbocycles. The molecule has 0 unspecified atom stereocenters. The van der Waals surface area contributed by atoms with Gasteiger partial charge in [0, 0.05) is 6.92 Å². The number of halogens is 1. The maximum Gasteiger partial charge on any atom is 0.336 e. The van der Waals surface area contributed by atoms with Crippen LogP contribution in [0.15, 0.2) is 12.1 Å². The van der Waals surface area contributed by atoms with Gasteiger partial charge in [0.05, 0.1) is 16.3 Å². The molecule has 1 amide bonds. The Morgan fingerprint density at radius 3 is 2.47 bits per heavy atom. The molecular weight excluding hydrogens is 218 g/mol. The molecule has 1 aromatic carbocycles. The van der Waals surface area contributed by atoms with Crippen LogP contribution in [-0.2, 0) is 4.79 Å². The molecule has 0 saturated heterocycles. The number of hydrogen-bond acceptors (Lipinski definition) is 2. The highest BCUT2D eigenvalue weighted by Gasteiger charge is 2.13. The number of rotatable bonds is 2. The molecule has 0 aliphatic carbocycles. The Hall–Kier alpha value is -1.55. The van der Waals surface area contributed by atoms with Crippen LogP contribution < -0.4 is 5.32 Å². The zero-order valence-corrected chi connectivity index (χ0v) is 9.05. The van der Waals surface area contributed by atoms with Crippen molar-refractivity contribution >= 4 is 29.2 Å². The number of benzene rings is 1. The first-order chi connectivity index (χ1) is 6.93. The molecule has 0 atom stereocenters. The highest BCUT2D eigenvalue weighted by molar-refractivity contribution is 6.34. The fraction of sp³-hybridized carbons (Fsp3) is 0.200. The van der Waals surface area contributed by atoms with E-state index in [-0.39, 0.29) is 11.5 Å². The van der Waals surface area contributed by atoms with Crippen molar-refractivity contribution in [3.63, 3.8) is 0 Å². The number of carbonyl (C=O) groups excluding carboxylic acids is 1. The summed E-state index contributed by atoms with van der Waals surface area (Å²) in [4.78, 5) is 21.7. The van der Waals surface area contributed by atoms with Gasteiger partial charge in [0.2, 0.25) is 5.91 Å². The van der Waals surface area contributed by atoms with Crippen LogP contribution in [0.4, 0.5) is 5.69 Å². The molecule has 0 aliphatic heterocycles. The van der Waals surface area contributed by atoms with Gasteiger partial charge < -0.3 is 10.4 Å². The van der Waals surface area contributed by atoms with Crippen LogP contribution >= 0.6 is 11.6 Å². The number of carboxylic acids is 1. The quantitative estimate of drug-likeness (QED) is 0.815. The zero-order valence-electron chi connectivity index (χ0n) is 8.30. The Kier molecular flexibility index (Phi) is 3.31. The van der Waals surface area contributed by atoms with Crippen molar-refractivity contribution in [2.24, 2.45) is 0 Å². The predicted molar refractivity (Wildman–Crippen MR) is 57.5 cm³/mol. The molecule has 0 aliphatic rings. The summed E-state index contributed by atoms with van der Waals surface area (Å²) in [5.74, 6) is -1.33. The third-order valence-corrected chi connectivity index (χ3v) is 2.26. The van der Waals surface area contributed by atoms with E-state index in [0.717, 1.165) is 0 Å². The van der Waals surface area contributed by atoms with E-state index < -0.39 is 5.97 Å². The number of carboxylic acid groups (broad SMARTS) is 1. The fourth-order valence-corrected chi connectivity index (χ4v) is 1.49. The lowest BCUT2D eigenvalue weighted by Crippen LogP contribution is -2.10. The Morgan fingerprint density at radius 1 is 1.40 bits per heavy atom. The SMILES string of the molecule is CC(=O)Nc1c(Cl)ccc(C(=O)O)c1C. The van der Waals surface area contributed by atoms with Gasteiger partial charge in [-0.3, -0.25) is 4.79 Å². The molecule has 0 radical (unpaired) electrons. The van der Waals surface area contributed by atoms with E-state index in [0.29, 0.717) is 16.3 Å². The summed E-state index contributed by atoms with van der Waals surface area (Å²) in [6.45, 7) is 2.93. The van der Waals surface area contributed by atoms with Crippen molar-refractivity contribution in [1.82, 2.24) is 0 Å². The summed E-state index contributed by atoms with van der Waals surface area (Å²) >= 11 is 5.84. The minimum absolute atomic E-state index is 0.128. The van der Waals surface area contributed by atoms with Crippen LogP contribution in [0.3, 0.4) is 0 Å². The smallest absolute Gasteiger partial charge is 0.336 e. The summed E-state index contributed by atoms with van der Waals surface area (Å²) in [5.41, 5.74) is 0.928. The van der Waals surface area contributed by atoms with Crippen molar-refractivity contribution in [2.45, 2.75) is 13.8 Å². The second-order valence-electron chi connectivity index (χ2n) is 3.08. The van der Waals surface area contributed by atoms with Crippen molar-refractivity contribution in [3.05, 3.63) is 28.3 Å². The van der Waals surface area contributed by atoms with E-state index in [1.54, 1.807) is 6.92 Å². The topological polar surface area (TPSA) is 66.4 Å². The molecule has 1 rings (SSSR count). The fourth-order valence-electron chi connectivity index (χ4n) is 1.24. The van der Waals surface area contributed by atoms with Crippen LogP contribution in [-0.4, -0.2) is 17.0 Å². The van der Waals surface area contributed by atoms with Gasteiger partial charge in [0.25, 0.3) is 0 Å². The number of aromatic carboxylic acids is 1. The third-order valence-electron chi connectivity index (χ3n) is 1.95. The summed E-state index contributed by atoms with van der Waals surface area (Å²) in [7, 11) is 0. The Labute approximate surface area is 91.9 Å². The second kappa shape index (κ2) is 4.31. The average molecular weight is 228 g/mol. The van der Waals surface area contributed by atoms with Crippen molar-refractivity contribution in [2.75, 3.05) is 5.32 Å². The van der Waals surface area contributed by atoms with Crippen molar-refractivity contribution < 1.29 is 14.7 Å². The zero-order chi connectivity index (χ0) is 11.6. The maximum atomic E-state index is 10.9. The number of hydrogen-bond donors (Lipinski definition) is 2. The van der Waals surface area contributed by atoms with Gasteiger partial charge in [0.15, 0.2) is 0 Å². The predicted octanol–water partition coefficient (Wildman–Crippen LogP) is 2.31. The first-order valence-electron chi connectivity index (χ1n) is 4.23. The number of anilines is 1. The average Bonchev–Trinajstić information content (AvgIpc) is 2.11. The molecule has 4 nitrogen and oxygen atoms in total. The lowest BCUT2D eigenvalue weighted by atomic mass is 10.1. The van der Waals surface area contributed by atoms with Crippen LogP contribution in [0.5, 0.6) is 0 Å². The molecule has 15 heavy (non-hydrogen) atoms.